The van der Waals surface area contributed by atoms with Crippen LogP contribution >= 0.6 is 23.2 Å². The first-order chi connectivity index (χ1) is 7.12. The highest BCUT2D eigenvalue weighted by molar-refractivity contribution is 6.49. The van der Waals surface area contributed by atoms with Gasteiger partial charge in [0, 0.05) is 5.41 Å². The average Bonchev–Trinajstić information content (AvgIpc) is 2.14. The van der Waals surface area contributed by atoms with Crippen LogP contribution in [-0.2, 0) is 0 Å². The van der Waals surface area contributed by atoms with Crippen molar-refractivity contribution < 1.29 is 0 Å². The fourth-order valence-electron chi connectivity index (χ4n) is 5.63. The first-order valence-electron chi connectivity index (χ1n) is 6.49. The lowest BCUT2D eigenvalue weighted by molar-refractivity contribution is -0.157. The van der Waals surface area contributed by atoms with E-state index in [1.807, 2.05) is 0 Å². The van der Waals surface area contributed by atoms with Crippen molar-refractivity contribution in [3.63, 3.8) is 0 Å². The van der Waals surface area contributed by atoms with Crippen LogP contribution in [0.15, 0.2) is 0 Å². The molecule has 5 aliphatic rings. The van der Waals surface area contributed by atoms with Gasteiger partial charge in [-0.1, -0.05) is 0 Å². The van der Waals surface area contributed by atoms with Crippen molar-refractivity contribution in [2.45, 2.75) is 49.3 Å². The Labute approximate surface area is 102 Å². The van der Waals surface area contributed by atoms with Crippen LogP contribution in [0.25, 0.3) is 0 Å². The van der Waals surface area contributed by atoms with Gasteiger partial charge in [-0.15, -0.1) is 23.2 Å². The highest BCUT2D eigenvalue weighted by Crippen LogP contribution is 2.75. The molecule has 4 bridgehead atoms. The van der Waals surface area contributed by atoms with Crippen LogP contribution in [0.4, 0.5) is 0 Å². The molecular weight excluding hydrogens is 227 g/mol. The maximum atomic E-state index is 6.57. The van der Waals surface area contributed by atoms with E-state index in [0.29, 0.717) is 5.41 Å². The van der Waals surface area contributed by atoms with Gasteiger partial charge in [-0.2, -0.15) is 0 Å². The van der Waals surface area contributed by atoms with Crippen LogP contribution in [0.2, 0.25) is 0 Å². The quantitative estimate of drug-likeness (QED) is 0.555. The molecule has 0 nitrogen and oxygen atoms in total. The summed E-state index contributed by atoms with van der Waals surface area (Å²) < 4.78 is -0.365. The van der Waals surface area contributed by atoms with E-state index in [0.717, 1.165) is 30.1 Å². The standard InChI is InChI=1S/C13H18Cl2/c14-13(15)2-1-12(13)10-4-8-3-9(6-10)7-11(12)5-8/h8-11H,1-7H2. The highest BCUT2D eigenvalue weighted by Gasteiger charge is 2.69. The number of halogens is 2. The zero-order chi connectivity index (χ0) is 10.3. The van der Waals surface area contributed by atoms with Crippen LogP contribution in [0.1, 0.15) is 44.9 Å². The zero-order valence-electron chi connectivity index (χ0n) is 9.02. The lowest BCUT2D eigenvalue weighted by Gasteiger charge is -2.69. The summed E-state index contributed by atoms with van der Waals surface area (Å²) in [4.78, 5) is 0. The first kappa shape index (κ1) is 9.59. The lowest BCUT2D eigenvalue weighted by Crippen LogP contribution is -2.65. The number of rotatable bonds is 0. The van der Waals surface area contributed by atoms with E-state index >= 15 is 0 Å². The first-order valence-corrected chi connectivity index (χ1v) is 7.25. The third-order valence-electron chi connectivity index (χ3n) is 6.13. The minimum Gasteiger partial charge on any atom is -0.101 e. The molecule has 0 N–H and O–H groups in total. The van der Waals surface area contributed by atoms with E-state index in [1.165, 1.54) is 38.5 Å². The molecule has 0 aromatic heterocycles. The van der Waals surface area contributed by atoms with Crippen LogP contribution in [0.3, 0.4) is 0 Å². The summed E-state index contributed by atoms with van der Waals surface area (Å²) in [5.74, 6) is 3.81. The molecule has 0 atom stereocenters. The molecule has 0 radical (unpaired) electrons. The monoisotopic (exact) mass is 244 g/mol. The van der Waals surface area contributed by atoms with Crippen LogP contribution in [0, 0.1) is 29.1 Å². The Morgan fingerprint density at radius 3 is 1.60 bits per heavy atom. The molecule has 0 unspecified atom stereocenters. The fraction of sp³-hybridized carbons (Fsp3) is 1.00. The van der Waals surface area contributed by atoms with Crippen molar-refractivity contribution in [2.75, 3.05) is 0 Å². The molecule has 0 aromatic rings. The van der Waals surface area contributed by atoms with Crippen molar-refractivity contribution in [1.29, 1.82) is 0 Å². The van der Waals surface area contributed by atoms with E-state index in [4.69, 9.17) is 23.2 Å². The minimum absolute atomic E-state index is 0.351. The van der Waals surface area contributed by atoms with Crippen molar-refractivity contribution in [2.24, 2.45) is 29.1 Å². The normalized spacial score (nSPS) is 59.6. The molecule has 5 fully saturated rings. The Bertz CT molecular complexity index is 280. The van der Waals surface area contributed by atoms with Gasteiger partial charge in [-0.3, -0.25) is 0 Å². The SMILES string of the molecule is ClC1(Cl)CCC12C1CC3CC(C1)CC2C3. The predicted molar refractivity (Wildman–Crippen MR) is 63.1 cm³/mol. The molecule has 0 saturated heterocycles. The van der Waals surface area contributed by atoms with E-state index < -0.39 is 0 Å². The van der Waals surface area contributed by atoms with Crippen LogP contribution in [0.5, 0.6) is 0 Å². The summed E-state index contributed by atoms with van der Waals surface area (Å²) >= 11 is 13.1. The fourth-order valence-corrected chi connectivity index (χ4v) is 6.63. The molecule has 0 amide bonds. The van der Waals surface area contributed by atoms with Gasteiger partial charge in [0.2, 0.25) is 0 Å². The van der Waals surface area contributed by atoms with Crippen molar-refractivity contribution in [3.8, 4) is 0 Å². The van der Waals surface area contributed by atoms with Gasteiger partial charge >= 0.3 is 0 Å². The summed E-state index contributed by atoms with van der Waals surface area (Å²) in [6.45, 7) is 0. The van der Waals surface area contributed by atoms with Gasteiger partial charge in [0.25, 0.3) is 0 Å². The predicted octanol–water partition coefficient (Wildman–Crippen LogP) is 4.40. The summed E-state index contributed by atoms with van der Waals surface area (Å²) in [5.41, 5.74) is 0.351. The second-order valence-electron chi connectivity index (χ2n) is 6.55. The molecule has 1 spiro atoms. The molecule has 0 aromatic carbocycles. The molecular formula is C13H18Cl2. The zero-order valence-corrected chi connectivity index (χ0v) is 10.5. The van der Waals surface area contributed by atoms with Gasteiger partial charge in [-0.25, -0.2) is 0 Å². The van der Waals surface area contributed by atoms with Crippen LogP contribution < -0.4 is 0 Å². The van der Waals surface area contributed by atoms with Crippen molar-refractivity contribution in [3.05, 3.63) is 0 Å². The van der Waals surface area contributed by atoms with Crippen molar-refractivity contribution in [1.82, 2.24) is 0 Å². The Balaban J connectivity index is 1.77. The second-order valence-corrected chi connectivity index (χ2v) is 8.03. The van der Waals surface area contributed by atoms with E-state index in [1.54, 1.807) is 0 Å². The van der Waals surface area contributed by atoms with E-state index in [-0.39, 0.29) is 4.33 Å². The van der Waals surface area contributed by atoms with Gasteiger partial charge < -0.3 is 0 Å². The highest BCUT2D eigenvalue weighted by atomic mass is 35.5. The maximum Gasteiger partial charge on any atom is 0.124 e. The van der Waals surface area contributed by atoms with E-state index in [9.17, 15) is 0 Å². The van der Waals surface area contributed by atoms with E-state index in [2.05, 4.69) is 0 Å². The van der Waals surface area contributed by atoms with Crippen molar-refractivity contribution >= 4 is 23.2 Å². The Morgan fingerprint density at radius 2 is 1.27 bits per heavy atom. The Kier molecular flexibility index (Phi) is 1.72. The lowest BCUT2D eigenvalue weighted by atomic mass is 9.39. The molecule has 0 heterocycles. The van der Waals surface area contributed by atoms with Gasteiger partial charge in [0.15, 0.2) is 0 Å². The van der Waals surface area contributed by atoms with Gasteiger partial charge in [0.1, 0.15) is 4.33 Å². The molecule has 15 heavy (non-hydrogen) atoms. The van der Waals surface area contributed by atoms with Crippen LogP contribution in [-0.4, -0.2) is 4.33 Å². The molecule has 84 valence electrons. The molecule has 2 heteroatoms. The molecule has 5 rings (SSSR count). The smallest absolute Gasteiger partial charge is 0.101 e. The largest absolute Gasteiger partial charge is 0.124 e. The second kappa shape index (κ2) is 2.70. The Hall–Kier alpha value is 0.580. The number of hydrogen-bond donors (Lipinski definition) is 0. The molecule has 0 aliphatic heterocycles. The maximum absolute atomic E-state index is 6.57. The number of alkyl halides is 2. The third-order valence-corrected chi connectivity index (χ3v) is 7.21. The van der Waals surface area contributed by atoms with Gasteiger partial charge in [0.05, 0.1) is 0 Å². The third kappa shape index (κ3) is 0.978. The Morgan fingerprint density at radius 1 is 0.733 bits per heavy atom. The molecule has 5 saturated carbocycles. The average molecular weight is 245 g/mol. The minimum atomic E-state index is -0.365. The summed E-state index contributed by atoms with van der Waals surface area (Å²) in [6.07, 6.45) is 9.62. The summed E-state index contributed by atoms with van der Waals surface area (Å²) in [5, 5.41) is 0. The summed E-state index contributed by atoms with van der Waals surface area (Å²) in [6, 6.07) is 0. The summed E-state index contributed by atoms with van der Waals surface area (Å²) in [7, 11) is 0. The topological polar surface area (TPSA) is 0 Å². The molecule has 5 aliphatic carbocycles. The van der Waals surface area contributed by atoms with Gasteiger partial charge in [-0.05, 0) is 68.6 Å². The number of hydrogen-bond acceptors (Lipinski definition) is 0.